The molecule has 0 saturated carbocycles. The topological polar surface area (TPSA) is 72.0 Å². The average Bonchev–Trinajstić information content (AvgIpc) is 2.93. The molecule has 21 heavy (non-hydrogen) atoms. The Morgan fingerprint density at radius 2 is 2.05 bits per heavy atom. The Morgan fingerprint density at radius 1 is 1.33 bits per heavy atom. The predicted molar refractivity (Wildman–Crippen MR) is 84.6 cm³/mol. The molecule has 0 radical (unpaired) electrons. The zero-order valence-electron chi connectivity index (χ0n) is 13.7. The largest absolute Gasteiger partial charge is 0.297 e. The van der Waals surface area contributed by atoms with E-state index in [2.05, 4.69) is 41.2 Å². The molecule has 1 atom stereocenters. The molecule has 2 rings (SSSR count). The van der Waals surface area contributed by atoms with Gasteiger partial charge in [0.25, 0.3) is 0 Å². The Morgan fingerprint density at radius 3 is 2.67 bits per heavy atom. The third kappa shape index (κ3) is 3.81. The summed E-state index contributed by atoms with van der Waals surface area (Å²) in [4.78, 5) is 6.98. The van der Waals surface area contributed by atoms with Crippen molar-refractivity contribution in [2.45, 2.75) is 71.0 Å². The SMILES string of the molecule is CCCn1ncnc1CC(NN)C(C)(C)N1CCCCC1. The maximum atomic E-state index is 5.87. The molecular weight excluding hydrogens is 264 g/mol. The molecule has 2 heterocycles. The molecule has 3 N–H and O–H groups in total. The first-order valence-corrected chi connectivity index (χ1v) is 8.17. The van der Waals surface area contributed by atoms with Gasteiger partial charge in [-0.25, -0.2) is 4.98 Å². The number of nitrogens with two attached hydrogens (primary N) is 1. The van der Waals surface area contributed by atoms with Crippen LogP contribution in [0.4, 0.5) is 0 Å². The van der Waals surface area contributed by atoms with E-state index in [0.29, 0.717) is 0 Å². The number of hydrogen-bond acceptors (Lipinski definition) is 5. The van der Waals surface area contributed by atoms with Gasteiger partial charge in [0.05, 0.1) is 0 Å². The number of nitrogens with zero attached hydrogens (tertiary/aromatic N) is 4. The fraction of sp³-hybridized carbons (Fsp3) is 0.867. The Hall–Kier alpha value is -0.980. The standard InChI is InChI=1S/C15H30N6/c1-4-8-21-14(17-12-18-21)11-13(19-16)15(2,3)20-9-6-5-7-10-20/h12-13,19H,4-11,16H2,1-3H3. The van der Waals surface area contributed by atoms with Gasteiger partial charge in [0, 0.05) is 24.5 Å². The zero-order valence-corrected chi connectivity index (χ0v) is 13.7. The molecule has 0 bridgehead atoms. The lowest BCUT2D eigenvalue weighted by Gasteiger charge is -2.45. The van der Waals surface area contributed by atoms with Crippen LogP contribution in [0.2, 0.25) is 0 Å². The number of rotatable bonds is 7. The van der Waals surface area contributed by atoms with E-state index in [1.807, 2.05) is 4.68 Å². The van der Waals surface area contributed by atoms with Crippen molar-refractivity contribution in [1.29, 1.82) is 0 Å². The first-order valence-electron chi connectivity index (χ1n) is 8.17. The van der Waals surface area contributed by atoms with Crippen molar-refractivity contribution in [2.75, 3.05) is 13.1 Å². The molecule has 0 amide bonds. The van der Waals surface area contributed by atoms with Crippen molar-refractivity contribution < 1.29 is 0 Å². The van der Waals surface area contributed by atoms with Gasteiger partial charge < -0.3 is 0 Å². The minimum atomic E-state index is 0.0121. The number of piperidine rings is 1. The summed E-state index contributed by atoms with van der Waals surface area (Å²) in [5.74, 6) is 6.89. The van der Waals surface area contributed by atoms with Gasteiger partial charge in [-0.1, -0.05) is 13.3 Å². The number of aryl methyl sites for hydroxylation is 1. The van der Waals surface area contributed by atoms with Crippen LogP contribution < -0.4 is 11.3 Å². The molecule has 1 aromatic heterocycles. The number of hydrazine groups is 1. The average molecular weight is 294 g/mol. The van der Waals surface area contributed by atoms with Crippen LogP contribution in [0, 0.1) is 0 Å². The predicted octanol–water partition coefficient (Wildman–Crippen LogP) is 1.33. The van der Waals surface area contributed by atoms with Crippen LogP contribution in [0.5, 0.6) is 0 Å². The molecule has 6 nitrogen and oxygen atoms in total. The maximum Gasteiger partial charge on any atom is 0.138 e. The third-order valence-electron chi connectivity index (χ3n) is 4.74. The van der Waals surface area contributed by atoms with Gasteiger partial charge in [-0.15, -0.1) is 0 Å². The number of nitrogens with one attached hydrogen (secondary N) is 1. The third-order valence-corrected chi connectivity index (χ3v) is 4.74. The molecule has 0 spiro atoms. The Labute approximate surface area is 128 Å². The van der Waals surface area contributed by atoms with Crippen LogP contribution >= 0.6 is 0 Å². The second-order valence-electron chi connectivity index (χ2n) is 6.52. The van der Waals surface area contributed by atoms with Gasteiger partial charge in [0.2, 0.25) is 0 Å². The van der Waals surface area contributed by atoms with E-state index in [1.54, 1.807) is 6.33 Å². The summed E-state index contributed by atoms with van der Waals surface area (Å²) >= 11 is 0. The van der Waals surface area contributed by atoms with Crippen LogP contribution in [0.1, 0.15) is 52.3 Å². The molecule has 1 fully saturated rings. The highest BCUT2D eigenvalue weighted by Crippen LogP contribution is 2.25. The summed E-state index contributed by atoms with van der Waals surface area (Å²) in [5, 5.41) is 4.31. The van der Waals surface area contributed by atoms with Crippen LogP contribution in [0.25, 0.3) is 0 Å². The quantitative estimate of drug-likeness (QED) is 0.586. The van der Waals surface area contributed by atoms with Gasteiger partial charge >= 0.3 is 0 Å². The Balaban J connectivity index is 2.08. The summed E-state index contributed by atoms with van der Waals surface area (Å²) in [6.45, 7) is 9.95. The lowest BCUT2D eigenvalue weighted by molar-refractivity contribution is 0.0601. The summed E-state index contributed by atoms with van der Waals surface area (Å²) in [6, 6.07) is 0.162. The highest BCUT2D eigenvalue weighted by Gasteiger charge is 2.36. The van der Waals surface area contributed by atoms with Crippen molar-refractivity contribution in [3.05, 3.63) is 12.2 Å². The molecule has 6 heteroatoms. The van der Waals surface area contributed by atoms with Crippen molar-refractivity contribution in [3.8, 4) is 0 Å². The lowest BCUT2D eigenvalue weighted by Crippen LogP contribution is -2.61. The summed E-state index contributed by atoms with van der Waals surface area (Å²) in [5.41, 5.74) is 3.04. The first-order chi connectivity index (χ1) is 10.1. The van der Waals surface area contributed by atoms with Gasteiger partial charge in [-0.2, -0.15) is 5.10 Å². The molecule has 0 aromatic carbocycles. The van der Waals surface area contributed by atoms with Gasteiger partial charge in [0.1, 0.15) is 12.2 Å². The van der Waals surface area contributed by atoms with Crippen molar-refractivity contribution in [1.82, 2.24) is 25.1 Å². The highest BCUT2D eigenvalue weighted by atomic mass is 15.3. The van der Waals surface area contributed by atoms with Crippen molar-refractivity contribution in [2.24, 2.45) is 5.84 Å². The summed E-state index contributed by atoms with van der Waals surface area (Å²) < 4.78 is 2.00. The van der Waals surface area contributed by atoms with Crippen molar-refractivity contribution >= 4 is 0 Å². The summed E-state index contributed by atoms with van der Waals surface area (Å²) in [7, 11) is 0. The highest BCUT2D eigenvalue weighted by molar-refractivity contribution is 5.00. The van der Waals surface area contributed by atoms with Gasteiger partial charge in [-0.3, -0.25) is 20.9 Å². The Bertz CT molecular complexity index is 422. The van der Waals surface area contributed by atoms with Crippen LogP contribution in [0.3, 0.4) is 0 Å². The second kappa shape index (κ2) is 7.33. The van der Waals surface area contributed by atoms with Gasteiger partial charge in [-0.05, 0) is 46.2 Å². The smallest absolute Gasteiger partial charge is 0.138 e. The zero-order chi connectivity index (χ0) is 15.3. The van der Waals surface area contributed by atoms with Crippen molar-refractivity contribution in [3.63, 3.8) is 0 Å². The molecular formula is C15H30N6. The minimum absolute atomic E-state index is 0.0121. The Kier molecular flexibility index (Phi) is 5.72. The monoisotopic (exact) mass is 294 g/mol. The molecule has 1 unspecified atom stereocenters. The summed E-state index contributed by atoms with van der Waals surface area (Å²) in [6.07, 6.45) is 7.43. The van der Waals surface area contributed by atoms with E-state index in [9.17, 15) is 0 Å². The van der Waals surface area contributed by atoms with Crippen LogP contribution in [0.15, 0.2) is 6.33 Å². The van der Waals surface area contributed by atoms with E-state index in [0.717, 1.165) is 38.3 Å². The first kappa shape index (κ1) is 16.4. The van der Waals surface area contributed by atoms with Gasteiger partial charge in [0.15, 0.2) is 0 Å². The number of aromatic nitrogens is 3. The fourth-order valence-corrected chi connectivity index (χ4v) is 3.23. The fourth-order valence-electron chi connectivity index (χ4n) is 3.23. The van der Waals surface area contributed by atoms with Crippen LogP contribution in [-0.4, -0.2) is 44.3 Å². The lowest BCUT2D eigenvalue weighted by atomic mass is 9.88. The van der Waals surface area contributed by atoms with E-state index in [-0.39, 0.29) is 11.6 Å². The van der Waals surface area contributed by atoms with Crippen LogP contribution in [-0.2, 0) is 13.0 Å². The molecule has 1 aliphatic heterocycles. The van der Waals surface area contributed by atoms with E-state index < -0.39 is 0 Å². The van der Waals surface area contributed by atoms with E-state index in [4.69, 9.17) is 5.84 Å². The molecule has 120 valence electrons. The minimum Gasteiger partial charge on any atom is -0.297 e. The number of hydrogen-bond donors (Lipinski definition) is 2. The molecule has 1 aliphatic rings. The molecule has 0 aliphatic carbocycles. The maximum absolute atomic E-state index is 5.87. The molecule has 1 saturated heterocycles. The number of likely N-dealkylation sites (tertiary alicyclic amines) is 1. The normalized spacial score (nSPS) is 18.9. The van der Waals surface area contributed by atoms with E-state index in [1.165, 1.54) is 19.3 Å². The van der Waals surface area contributed by atoms with E-state index >= 15 is 0 Å². The molecule has 1 aromatic rings. The second-order valence-corrected chi connectivity index (χ2v) is 6.52.